The predicted octanol–water partition coefficient (Wildman–Crippen LogP) is 3.13. The van der Waals surface area contributed by atoms with Crippen LogP contribution in [0.5, 0.6) is 0 Å². The third-order valence-electron chi connectivity index (χ3n) is 2.59. The number of hydrogen-bond acceptors (Lipinski definition) is 1. The quantitative estimate of drug-likeness (QED) is 0.616. The van der Waals surface area contributed by atoms with E-state index in [0.29, 0.717) is 5.78 Å². The first kappa shape index (κ1) is 9.20. The van der Waals surface area contributed by atoms with E-state index in [9.17, 15) is 4.79 Å². The molecule has 0 spiro atoms. The Morgan fingerprint density at radius 3 is 2.79 bits per heavy atom. The third-order valence-corrected chi connectivity index (χ3v) is 2.59. The van der Waals surface area contributed by atoms with E-state index in [1.54, 1.807) is 0 Å². The Balaban J connectivity index is 2.28. The minimum Gasteiger partial charge on any atom is -0.295 e. The van der Waals surface area contributed by atoms with Gasteiger partial charge in [-0.1, -0.05) is 29.8 Å². The van der Waals surface area contributed by atoms with Crippen molar-refractivity contribution in [3.63, 3.8) is 0 Å². The van der Waals surface area contributed by atoms with E-state index in [0.717, 1.165) is 30.4 Å². The van der Waals surface area contributed by atoms with E-state index in [1.807, 2.05) is 18.2 Å². The maximum Gasteiger partial charge on any atom is 0.158 e. The minimum absolute atomic E-state index is 0.325. The van der Waals surface area contributed by atoms with Gasteiger partial charge in [-0.3, -0.25) is 4.79 Å². The number of hydrogen-bond donors (Lipinski definition) is 0. The lowest BCUT2D eigenvalue weighted by molar-refractivity contribution is -0.114. The van der Waals surface area contributed by atoms with Crippen LogP contribution >= 0.6 is 0 Å². The summed E-state index contributed by atoms with van der Waals surface area (Å²) in [4.78, 5) is 11.4. The molecule has 72 valence electrons. The van der Waals surface area contributed by atoms with Gasteiger partial charge in [0.1, 0.15) is 0 Å². The second kappa shape index (κ2) is 3.79. The number of carbonyl (C=O) groups excluding carboxylic acids is 1. The molecule has 2 rings (SSSR count). The number of aryl methyl sites for hydroxylation is 1. The van der Waals surface area contributed by atoms with Crippen molar-refractivity contribution in [2.75, 3.05) is 0 Å². The minimum atomic E-state index is 0.325. The summed E-state index contributed by atoms with van der Waals surface area (Å²) in [6, 6.07) is 8.25. The predicted molar refractivity (Wildman–Crippen MR) is 58.0 cm³/mol. The van der Waals surface area contributed by atoms with E-state index in [4.69, 9.17) is 0 Å². The van der Waals surface area contributed by atoms with Crippen molar-refractivity contribution in [3.05, 3.63) is 41.0 Å². The summed E-state index contributed by atoms with van der Waals surface area (Å²) in [5, 5.41) is 0. The maximum absolute atomic E-state index is 11.4. The lowest BCUT2D eigenvalue weighted by Gasteiger charge is -1.97. The van der Waals surface area contributed by atoms with Crippen LogP contribution < -0.4 is 0 Å². The van der Waals surface area contributed by atoms with Crippen LogP contribution in [0.25, 0.3) is 6.08 Å². The first-order valence-corrected chi connectivity index (χ1v) is 5.06. The molecule has 0 aliphatic heterocycles. The molecule has 1 nitrogen and oxygen atoms in total. The maximum atomic E-state index is 11.4. The van der Waals surface area contributed by atoms with Crippen LogP contribution in [0.2, 0.25) is 0 Å². The van der Waals surface area contributed by atoms with Crippen molar-refractivity contribution in [2.24, 2.45) is 0 Å². The molecule has 0 atom stereocenters. The first-order chi connectivity index (χ1) is 6.75. The zero-order valence-corrected chi connectivity index (χ0v) is 8.42. The van der Waals surface area contributed by atoms with E-state index in [2.05, 4.69) is 19.1 Å². The van der Waals surface area contributed by atoms with Crippen LogP contribution in [-0.2, 0) is 4.79 Å². The summed E-state index contributed by atoms with van der Waals surface area (Å²) >= 11 is 0. The molecule has 1 saturated carbocycles. The molecule has 0 N–H and O–H groups in total. The van der Waals surface area contributed by atoms with Gasteiger partial charge in [0, 0.05) is 6.42 Å². The zero-order valence-electron chi connectivity index (χ0n) is 8.42. The van der Waals surface area contributed by atoms with Crippen LogP contribution in [0.1, 0.15) is 30.4 Å². The van der Waals surface area contributed by atoms with Crippen LogP contribution in [0.4, 0.5) is 0 Å². The fraction of sp³-hybridized carbons (Fsp3) is 0.308. The second-order valence-corrected chi connectivity index (χ2v) is 3.86. The van der Waals surface area contributed by atoms with Gasteiger partial charge in [-0.2, -0.15) is 0 Å². The van der Waals surface area contributed by atoms with Gasteiger partial charge in [-0.15, -0.1) is 0 Å². The monoisotopic (exact) mass is 186 g/mol. The van der Waals surface area contributed by atoms with Gasteiger partial charge in [0.2, 0.25) is 0 Å². The topological polar surface area (TPSA) is 17.1 Å². The summed E-state index contributed by atoms with van der Waals surface area (Å²) in [6.45, 7) is 2.07. The molecule has 0 aromatic heterocycles. The zero-order chi connectivity index (χ0) is 9.97. The highest BCUT2D eigenvalue weighted by atomic mass is 16.1. The largest absolute Gasteiger partial charge is 0.295 e. The Morgan fingerprint density at radius 1 is 1.29 bits per heavy atom. The fourth-order valence-electron chi connectivity index (χ4n) is 1.85. The number of carbonyl (C=O) groups is 1. The van der Waals surface area contributed by atoms with E-state index in [1.165, 1.54) is 5.56 Å². The average Bonchev–Trinajstić information content (AvgIpc) is 2.52. The fourth-order valence-corrected chi connectivity index (χ4v) is 1.85. The van der Waals surface area contributed by atoms with Crippen molar-refractivity contribution in [1.29, 1.82) is 0 Å². The number of rotatable bonds is 1. The Bertz CT molecular complexity index is 388. The average molecular weight is 186 g/mol. The van der Waals surface area contributed by atoms with Crippen LogP contribution in [0.15, 0.2) is 29.8 Å². The molecule has 0 amide bonds. The van der Waals surface area contributed by atoms with Crippen molar-refractivity contribution in [3.8, 4) is 0 Å². The molecule has 0 heterocycles. The Hall–Kier alpha value is -1.37. The normalized spacial score (nSPS) is 19.2. The van der Waals surface area contributed by atoms with E-state index >= 15 is 0 Å². The van der Waals surface area contributed by atoms with E-state index in [-0.39, 0.29) is 0 Å². The molecule has 1 aliphatic rings. The van der Waals surface area contributed by atoms with Gasteiger partial charge in [-0.25, -0.2) is 0 Å². The molecule has 1 heteroatoms. The Labute approximate surface area is 84.5 Å². The molecule has 0 bridgehead atoms. The molecule has 0 saturated heterocycles. The van der Waals surface area contributed by atoms with Gasteiger partial charge in [-0.05, 0) is 37.0 Å². The first-order valence-electron chi connectivity index (χ1n) is 5.06. The molecule has 1 aliphatic carbocycles. The highest BCUT2D eigenvalue weighted by molar-refractivity contribution is 6.01. The van der Waals surface area contributed by atoms with Crippen LogP contribution in [-0.4, -0.2) is 5.78 Å². The highest BCUT2D eigenvalue weighted by Gasteiger charge is 2.16. The molecule has 1 aromatic carbocycles. The van der Waals surface area contributed by atoms with Crippen molar-refractivity contribution in [2.45, 2.75) is 26.2 Å². The lowest BCUT2D eigenvalue weighted by Crippen LogP contribution is -1.90. The van der Waals surface area contributed by atoms with Crippen LogP contribution in [0.3, 0.4) is 0 Å². The van der Waals surface area contributed by atoms with Gasteiger partial charge >= 0.3 is 0 Å². The van der Waals surface area contributed by atoms with Crippen molar-refractivity contribution >= 4 is 11.9 Å². The SMILES string of the molecule is Cc1cccc(/C=C2\CCCC2=O)c1. The molecular formula is C13H14O. The number of ketones is 1. The summed E-state index contributed by atoms with van der Waals surface area (Å²) in [5.74, 6) is 0.325. The van der Waals surface area contributed by atoms with Crippen molar-refractivity contribution < 1.29 is 4.79 Å². The molecule has 0 unspecified atom stereocenters. The van der Waals surface area contributed by atoms with Crippen molar-refractivity contribution in [1.82, 2.24) is 0 Å². The highest BCUT2D eigenvalue weighted by Crippen LogP contribution is 2.22. The van der Waals surface area contributed by atoms with Gasteiger partial charge < -0.3 is 0 Å². The number of Topliss-reactive ketones (excluding diaryl/α,β-unsaturated/α-hetero) is 1. The second-order valence-electron chi connectivity index (χ2n) is 3.86. The standard InChI is InChI=1S/C13H14O/c1-10-4-2-5-11(8-10)9-12-6-3-7-13(12)14/h2,4-5,8-9H,3,6-7H2,1H3/b12-9+. The molecule has 14 heavy (non-hydrogen) atoms. The number of benzene rings is 1. The molecule has 1 aromatic rings. The Morgan fingerprint density at radius 2 is 2.14 bits per heavy atom. The van der Waals surface area contributed by atoms with Gasteiger partial charge in [0.15, 0.2) is 5.78 Å². The summed E-state index contributed by atoms with van der Waals surface area (Å²) in [7, 11) is 0. The smallest absolute Gasteiger partial charge is 0.158 e. The van der Waals surface area contributed by atoms with E-state index < -0.39 is 0 Å². The Kier molecular flexibility index (Phi) is 2.49. The van der Waals surface area contributed by atoms with Gasteiger partial charge in [0.25, 0.3) is 0 Å². The summed E-state index contributed by atoms with van der Waals surface area (Å²) < 4.78 is 0. The molecule has 1 fully saturated rings. The molecular weight excluding hydrogens is 172 g/mol. The molecule has 0 radical (unpaired) electrons. The summed E-state index contributed by atoms with van der Waals surface area (Å²) in [6.07, 6.45) is 4.74. The van der Waals surface area contributed by atoms with Crippen LogP contribution in [0, 0.1) is 6.92 Å². The number of allylic oxidation sites excluding steroid dienone is 1. The summed E-state index contributed by atoms with van der Waals surface area (Å²) in [5.41, 5.74) is 3.38. The van der Waals surface area contributed by atoms with Gasteiger partial charge in [0.05, 0.1) is 0 Å². The third kappa shape index (κ3) is 1.92. The lowest BCUT2D eigenvalue weighted by atomic mass is 10.1.